The number of benzene rings is 2. The number of rotatable bonds is 6. The van der Waals surface area contributed by atoms with Crippen LogP contribution in [-0.2, 0) is 6.42 Å². The lowest BCUT2D eigenvalue weighted by Crippen LogP contribution is -2.41. The molecule has 0 bridgehead atoms. The Morgan fingerprint density at radius 1 is 1.03 bits per heavy atom. The summed E-state index contributed by atoms with van der Waals surface area (Å²) in [5.41, 5.74) is 11.2. The topological polar surface area (TPSA) is 114 Å². The molecule has 2 aromatic carbocycles. The molecule has 1 aliphatic carbocycles. The molecule has 2 heterocycles. The van der Waals surface area contributed by atoms with Gasteiger partial charge in [-0.25, -0.2) is 19.8 Å². The van der Waals surface area contributed by atoms with Crippen molar-refractivity contribution in [3.05, 3.63) is 89.0 Å². The number of nitrogens with two attached hydrogens (primary N) is 1. The van der Waals surface area contributed by atoms with Gasteiger partial charge < -0.3 is 10.5 Å². The summed E-state index contributed by atoms with van der Waals surface area (Å²) >= 11 is 0. The second-order valence-electron chi connectivity index (χ2n) is 10.4. The number of hydrogen-bond donors (Lipinski definition) is 3. The quantitative estimate of drug-likeness (QED) is 0.347. The average molecular weight is 518 g/mol. The van der Waals surface area contributed by atoms with Crippen LogP contribution < -0.4 is 10.5 Å². The first-order valence-electron chi connectivity index (χ1n) is 12.8. The van der Waals surface area contributed by atoms with Crippen LogP contribution in [0.4, 0.5) is 11.5 Å². The Hall–Kier alpha value is -3.12. The second-order valence-corrected chi connectivity index (χ2v) is 12.7. The zero-order valence-corrected chi connectivity index (χ0v) is 22.2. The SMILES string of the molecule is CC1(C)Oc2ncnc(N)c2N=C1c1ccc(C2CCC(=C[P+](O)(O)CCc3ccccc3)CC2)cc1. The molecule has 0 amide bonds. The average Bonchev–Trinajstić information content (AvgIpc) is 2.88. The van der Waals surface area contributed by atoms with Crippen LogP contribution in [0.3, 0.4) is 0 Å². The molecule has 2 aliphatic rings. The molecule has 1 aromatic heterocycles. The highest BCUT2D eigenvalue weighted by atomic mass is 31.2. The second kappa shape index (κ2) is 10.3. The van der Waals surface area contributed by atoms with Crippen LogP contribution in [0.1, 0.15) is 62.1 Å². The van der Waals surface area contributed by atoms with Crippen LogP contribution in [0.5, 0.6) is 5.88 Å². The maximum atomic E-state index is 10.6. The monoisotopic (exact) mass is 517 g/mol. The van der Waals surface area contributed by atoms with E-state index in [2.05, 4.69) is 34.2 Å². The summed E-state index contributed by atoms with van der Waals surface area (Å²) in [5.74, 6) is 2.94. The van der Waals surface area contributed by atoms with Gasteiger partial charge in [0.25, 0.3) is 7.72 Å². The number of ether oxygens (including phenoxy) is 1. The Bertz CT molecular complexity index is 1310. The van der Waals surface area contributed by atoms with E-state index in [0.717, 1.165) is 42.5 Å². The Morgan fingerprint density at radius 3 is 2.43 bits per heavy atom. The molecular weight excluding hydrogens is 483 g/mol. The van der Waals surface area contributed by atoms with Gasteiger partial charge in [0.05, 0.1) is 5.71 Å². The number of aliphatic imine (C=N–C) groups is 1. The molecule has 1 fully saturated rings. The lowest BCUT2D eigenvalue weighted by Gasteiger charge is -2.32. The summed E-state index contributed by atoms with van der Waals surface area (Å²) in [6, 6.07) is 18.5. The van der Waals surface area contributed by atoms with Crippen molar-refractivity contribution in [2.24, 2.45) is 4.99 Å². The fraction of sp³-hybridized carbons (Fsp3) is 0.345. The number of aromatic nitrogens is 2. The number of anilines is 1. The fourth-order valence-corrected chi connectivity index (χ4v) is 6.72. The van der Waals surface area contributed by atoms with E-state index in [-0.39, 0.29) is 0 Å². The summed E-state index contributed by atoms with van der Waals surface area (Å²) in [4.78, 5) is 34.3. The van der Waals surface area contributed by atoms with Crippen LogP contribution in [0.25, 0.3) is 0 Å². The minimum Gasteiger partial charge on any atom is -0.463 e. The van der Waals surface area contributed by atoms with Gasteiger partial charge in [-0.3, -0.25) is 0 Å². The largest absolute Gasteiger partial charge is 0.463 e. The maximum absolute atomic E-state index is 10.6. The molecule has 0 unspecified atom stereocenters. The molecule has 0 radical (unpaired) electrons. The lowest BCUT2D eigenvalue weighted by molar-refractivity contribution is 0.171. The van der Waals surface area contributed by atoms with Gasteiger partial charge in [-0.15, -0.1) is 0 Å². The van der Waals surface area contributed by atoms with Gasteiger partial charge in [0.15, 0.2) is 11.5 Å². The van der Waals surface area contributed by atoms with Crippen LogP contribution in [0.2, 0.25) is 0 Å². The molecule has 0 spiro atoms. The van der Waals surface area contributed by atoms with Crippen molar-refractivity contribution in [2.45, 2.75) is 57.5 Å². The highest BCUT2D eigenvalue weighted by Gasteiger charge is 2.35. The maximum Gasteiger partial charge on any atom is 0.293 e. The number of fused-ring (bicyclic) bond motifs is 1. The first-order valence-corrected chi connectivity index (χ1v) is 14.7. The zero-order chi connectivity index (χ0) is 26.0. The fourth-order valence-electron chi connectivity index (χ4n) is 5.16. The standard InChI is InChI=1S/C29H34N4O3P/c1-29(2)26(33-25-27(30)31-19-32-28(25)36-29)24-14-12-23(13-15-24)22-10-8-21(9-11-22)18-37(34,35)17-16-20-6-4-3-5-7-20/h3-7,12-15,18-19,22,34-35H,8-11,16-17H2,1-2H3,(H2,30,31,32)/q+1. The van der Waals surface area contributed by atoms with Crippen molar-refractivity contribution in [1.29, 1.82) is 0 Å². The molecule has 8 heteroatoms. The van der Waals surface area contributed by atoms with Crippen molar-refractivity contribution < 1.29 is 14.5 Å². The van der Waals surface area contributed by atoms with Crippen molar-refractivity contribution in [3.8, 4) is 5.88 Å². The number of aryl methyl sites for hydroxylation is 1. The third-order valence-corrected chi connectivity index (χ3v) is 8.87. The minimum atomic E-state index is -3.03. The van der Waals surface area contributed by atoms with Gasteiger partial charge in [0.1, 0.15) is 23.9 Å². The molecule has 37 heavy (non-hydrogen) atoms. The smallest absolute Gasteiger partial charge is 0.293 e. The van der Waals surface area contributed by atoms with Gasteiger partial charge in [-0.2, -0.15) is 4.98 Å². The summed E-state index contributed by atoms with van der Waals surface area (Å²) < 4.78 is 6.10. The molecule has 1 saturated carbocycles. The van der Waals surface area contributed by atoms with E-state index in [9.17, 15) is 9.79 Å². The summed E-state index contributed by atoms with van der Waals surface area (Å²) in [6.45, 7) is 3.95. The first-order chi connectivity index (χ1) is 17.7. The Kier molecular flexibility index (Phi) is 7.13. The van der Waals surface area contributed by atoms with E-state index < -0.39 is 13.3 Å². The molecule has 3 aromatic rings. The molecule has 192 valence electrons. The minimum absolute atomic E-state index is 0.304. The predicted molar refractivity (Wildman–Crippen MR) is 149 cm³/mol. The number of nitrogen functional groups attached to an aromatic ring is 1. The Labute approximate surface area is 218 Å². The van der Waals surface area contributed by atoms with E-state index in [1.54, 1.807) is 5.82 Å². The van der Waals surface area contributed by atoms with Gasteiger partial charge in [0, 0.05) is 12.0 Å². The third-order valence-electron chi connectivity index (χ3n) is 7.21. The normalized spacial score (nSPS) is 19.0. The van der Waals surface area contributed by atoms with E-state index in [4.69, 9.17) is 15.5 Å². The molecular formula is C29H34N4O3P+. The number of nitrogens with zero attached hydrogens (tertiary/aromatic N) is 3. The van der Waals surface area contributed by atoms with Gasteiger partial charge in [-0.05, 0) is 62.1 Å². The Morgan fingerprint density at radius 2 is 1.73 bits per heavy atom. The first kappa shape index (κ1) is 25.5. The summed E-state index contributed by atoms with van der Waals surface area (Å²) in [6.07, 6.45) is 6.25. The number of hydrogen-bond acceptors (Lipinski definition) is 7. The summed E-state index contributed by atoms with van der Waals surface area (Å²) in [7, 11) is -3.03. The third kappa shape index (κ3) is 5.90. The molecule has 0 saturated heterocycles. The lowest BCUT2D eigenvalue weighted by atomic mass is 9.81. The van der Waals surface area contributed by atoms with E-state index in [1.165, 1.54) is 17.5 Å². The van der Waals surface area contributed by atoms with Gasteiger partial charge >= 0.3 is 0 Å². The molecule has 4 N–H and O–H groups in total. The van der Waals surface area contributed by atoms with Crippen molar-refractivity contribution in [3.63, 3.8) is 0 Å². The molecule has 1 aliphatic heterocycles. The molecule has 7 nitrogen and oxygen atoms in total. The zero-order valence-electron chi connectivity index (χ0n) is 21.3. The van der Waals surface area contributed by atoms with E-state index in [1.807, 2.05) is 44.2 Å². The van der Waals surface area contributed by atoms with Crippen molar-refractivity contribution in [1.82, 2.24) is 9.97 Å². The van der Waals surface area contributed by atoms with Crippen molar-refractivity contribution in [2.75, 3.05) is 11.9 Å². The Balaban J connectivity index is 1.23. The van der Waals surface area contributed by atoms with E-state index in [0.29, 0.717) is 35.9 Å². The van der Waals surface area contributed by atoms with Crippen molar-refractivity contribution >= 4 is 24.9 Å². The predicted octanol–water partition coefficient (Wildman–Crippen LogP) is 5.97. The van der Waals surface area contributed by atoms with Gasteiger partial charge in [-0.1, -0.05) is 54.6 Å². The van der Waals surface area contributed by atoms with Crippen LogP contribution in [0, 0.1) is 0 Å². The van der Waals surface area contributed by atoms with Crippen LogP contribution in [0.15, 0.2) is 77.3 Å². The number of allylic oxidation sites excluding steroid dienone is 1. The molecule has 5 rings (SSSR count). The van der Waals surface area contributed by atoms with Crippen LogP contribution in [-0.4, -0.2) is 37.2 Å². The highest BCUT2D eigenvalue weighted by Crippen LogP contribution is 2.54. The van der Waals surface area contributed by atoms with Crippen LogP contribution >= 0.6 is 7.72 Å². The molecule has 0 atom stereocenters. The van der Waals surface area contributed by atoms with Gasteiger partial charge in [0.2, 0.25) is 5.88 Å². The highest BCUT2D eigenvalue weighted by molar-refractivity contribution is 7.67. The summed E-state index contributed by atoms with van der Waals surface area (Å²) in [5, 5.41) is 0. The van der Waals surface area contributed by atoms with E-state index >= 15 is 0 Å².